The van der Waals surface area contributed by atoms with Gasteiger partial charge >= 0.3 is 0 Å². The number of hydrogen-bond acceptors (Lipinski definition) is 12. The summed E-state index contributed by atoms with van der Waals surface area (Å²) in [5.74, 6) is 0.674. The van der Waals surface area contributed by atoms with Crippen LogP contribution in [0.3, 0.4) is 0 Å². The standard InChI is InChI=1S/C36H28Cl2F2N8O4/c37-25-9-19(1-3-27(25)39)45-35-23-11-31(33(13-29(23)41-17-43-35)51-21-5-7-49-15-21)47-48-32-12-24-30(14-34(32)52-22-6-8-50-16-22)42-18-44-36(24)46-20-2-4-28(40)26(38)10-20/h1-4,9-14,17-18,21-22H,5-8,15-16H2,(H,41,43,45)(H,42,44,46)/t21-,22-/m0/s1. The third kappa shape index (κ3) is 7.37. The molecule has 12 nitrogen and oxygen atoms in total. The van der Waals surface area contributed by atoms with Gasteiger partial charge in [-0.1, -0.05) is 23.2 Å². The van der Waals surface area contributed by atoms with Gasteiger partial charge in [-0.3, -0.25) is 0 Å². The summed E-state index contributed by atoms with van der Waals surface area (Å²) in [6, 6.07) is 15.7. The van der Waals surface area contributed by atoms with Gasteiger partial charge in [0.25, 0.3) is 0 Å². The van der Waals surface area contributed by atoms with Crippen molar-refractivity contribution in [3.8, 4) is 11.5 Å². The summed E-state index contributed by atoms with van der Waals surface area (Å²) in [7, 11) is 0. The average Bonchev–Trinajstić information content (AvgIpc) is 3.86. The molecule has 16 heteroatoms. The minimum atomic E-state index is -0.535. The Balaban J connectivity index is 1.22. The van der Waals surface area contributed by atoms with E-state index in [0.717, 1.165) is 0 Å². The van der Waals surface area contributed by atoms with Crippen LogP contribution in [0.15, 0.2) is 83.5 Å². The Hall–Kier alpha value is -5.28. The van der Waals surface area contributed by atoms with Crippen LogP contribution in [0.5, 0.6) is 11.5 Å². The zero-order chi connectivity index (χ0) is 35.6. The van der Waals surface area contributed by atoms with E-state index in [1.54, 1.807) is 36.4 Å². The van der Waals surface area contributed by atoms with E-state index in [0.29, 0.717) is 107 Å². The van der Waals surface area contributed by atoms with Gasteiger partial charge in [-0.25, -0.2) is 28.7 Å². The van der Waals surface area contributed by atoms with E-state index in [1.165, 1.54) is 36.9 Å². The second kappa shape index (κ2) is 14.8. The summed E-state index contributed by atoms with van der Waals surface area (Å²) in [4.78, 5) is 17.8. The van der Waals surface area contributed by atoms with E-state index in [2.05, 4.69) is 30.6 Å². The maximum absolute atomic E-state index is 13.9. The lowest BCUT2D eigenvalue weighted by atomic mass is 10.1. The summed E-state index contributed by atoms with van der Waals surface area (Å²) >= 11 is 12.1. The highest BCUT2D eigenvalue weighted by Gasteiger charge is 2.23. The number of nitrogens with zero attached hydrogens (tertiary/aromatic N) is 6. The molecule has 0 bridgehead atoms. The van der Waals surface area contributed by atoms with Crippen LogP contribution in [0.25, 0.3) is 21.8 Å². The van der Waals surface area contributed by atoms with Crippen molar-refractivity contribution < 1.29 is 27.7 Å². The minimum Gasteiger partial charge on any atom is -0.486 e. The summed E-state index contributed by atoms with van der Waals surface area (Å²) in [6.45, 7) is 2.02. The third-order valence-corrected chi connectivity index (χ3v) is 9.00. The maximum Gasteiger partial charge on any atom is 0.149 e. The molecule has 4 heterocycles. The van der Waals surface area contributed by atoms with Gasteiger partial charge in [0.1, 0.15) is 71.0 Å². The first kappa shape index (κ1) is 33.8. The average molecular weight is 746 g/mol. The Morgan fingerprint density at radius 3 is 1.50 bits per heavy atom. The Morgan fingerprint density at radius 2 is 1.10 bits per heavy atom. The molecule has 2 aliphatic rings. The van der Waals surface area contributed by atoms with Gasteiger partial charge in [0.2, 0.25) is 0 Å². The molecular weight excluding hydrogens is 717 g/mol. The van der Waals surface area contributed by atoms with Crippen molar-refractivity contribution in [2.24, 2.45) is 10.2 Å². The molecule has 2 aromatic heterocycles. The summed E-state index contributed by atoms with van der Waals surface area (Å²) in [5, 5.41) is 16.9. The van der Waals surface area contributed by atoms with Crippen molar-refractivity contribution in [2.75, 3.05) is 37.1 Å². The van der Waals surface area contributed by atoms with Crippen LogP contribution < -0.4 is 20.1 Å². The van der Waals surface area contributed by atoms with Gasteiger partial charge in [-0.05, 0) is 48.5 Å². The molecule has 0 radical (unpaired) electrons. The van der Waals surface area contributed by atoms with Crippen LogP contribution in [-0.2, 0) is 9.47 Å². The number of azo groups is 1. The molecule has 2 saturated heterocycles. The zero-order valence-electron chi connectivity index (χ0n) is 27.2. The number of rotatable bonds is 10. The highest BCUT2D eigenvalue weighted by atomic mass is 35.5. The van der Waals surface area contributed by atoms with E-state index < -0.39 is 11.6 Å². The molecule has 0 spiro atoms. The van der Waals surface area contributed by atoms with E-state index in [-0.39, 0.29) is 22.3 Å². The van der Waals surface area contributed by atoms with Crippen molar-refractivity contribution >= 4 is 79.4 Å². The predicted octanol–water partition coefficient (Wildman–Crippen LogP) is 9.40. The largest absolute Gasteiger partial charge is 0.486 e. The molecule has 8 rings (SSSR count). The van der Waals surface area contributed by atoms with E-state index in [1.807, 2.05) is 0 Å². The molecule has 264 valence electrons. The maximum atomic E-state index is 13.9. The molecule has 0 saturated carbocycles. The van der Waals surface area contributed by atoms with Crippen LogP contribution in [0.4, 0.5) is 43.2 Å². The smallest absolute Gasteiger partial charge is 0.149 e. The molecule has 6 aromatic rings. The minimum absolute atomic E-state index is 0.0323. The fourth-order valence-electron chi connectivity index (χ4n) is 5.79. The van der Waals surface area contributed by atoms with Gasteiger partial charge in [0, 0.05) is 47.1 Å². The molecular formula is C36H28Cl2F2N8O4. The quantitative estimate of drug-likeness (QED) is 0.131. The molecule has 2 N–H and O–H groups in total. The van der Waals surface area contributed by atoms with Crippen molar-refractivity contribution in [3.63, 3.8) is 0 Å². The second-order valence-electron chi connectivity index (χ2n) is 12.0. The number of ether oxygens (including phenoxy) is 4. The Labute approximate surface area is 305 Å². The lowest BCUT2D eigenvalue weighted by molar-refractivity contribution is 0.141. The number of nitrogens with one attached hydrogen (secondary N) is 2. The molecule has 2 fully saturated rings. The van der Waals surface area contributed by atoms with Crippen molar-refractivity contribution in [1.82, 2.24) is 19.9 Å². The van der Waals surface area contributed by atoms with Crippen LogP contribution in [0.1, 0.15) is 12.8 Å². The molecule has 52 heavy (non-hydrogen) atoms. The topological polar surface area (TPSA) is 137 Å². The SMILES string of the molecule is Fc1ccc(Nc2ncnc3cc(O[C@H]4CCOC4)c(N=Nc4cc5c(Nc6ccc(F)c(Cl)c6)ncnc5cc4O[C@H]4CCOC4)cc23)cc1Cl. The molecule has 0 unspecified atom stereocenters. The molecule has 2 atom stereocenters. The van der Waals surface area contributed by atoms with Crippen LogP contribution in [0, 0.1) is 11.6 Å². The van der Waals surface area contributed by atoms with Gasteiger partial charge in [-0.2, -0.15) is 0 Å². The zero-order valence-corrected chi connectivity index (χ0v) is 28.7. The number of hydrogen-bond donors (Lipinski definition) is 2. The monoisotopic (exact) mass is 744 g/mol. The number of anilines is 4. The van der Waals surface area contributed by atoms with Gasteiger partial charge in [0.15, 0.2) is 0 Å². The lowest BCUT2D eigenvalue weighted by Crippen LogP contribution is -2.16. The molecule has 4 aromatic carbocycles. The van der Waals surface area contributed by atoms with Gasteiger partial charge < -0.3 is 29.6 Å². The first-order chi connectivity index (χ1) is 25.4. The highest BCUT2D eigenvalue weighted by molar-refractivity contribution is 6.31. The Bertz CT molecular complexity index is 2160. The first-order valence-electron chi connectivity index (χ1n) is 16.3. The van der Waals surface area contributed by atoms with Gasteiger partial charge in [-0.15, -0.1) is 10.2 Å². The van der Waals surface area contributed by atoms with Crippen LogP contribution in [0.2, 0.25) is 10.0 Å². The number of aromatic nitrogens is 4. The third-order valence-electron chi connectivity index (χ3n) is 8.43. The first-order valence-corrected chi connectivity index (χ1v) is 17.0. The Kier molecular flexibility index (Phi) is 9.60. The number of fused-ring (bicyclic) bond motifs is 2. The fraction of sp³-hybridized carbons (Fsp3) is 0.222. The van der Waals surface area contributed by atoms with Crippen molar-refractivity contribution in [2.45, 2.75) is 25.0 Å². The summed E-state index contributed by atoms with van der Waals surface area (Å²) < 4.78 is 51.6. The lowest BCUT2D eigenvalue weighted by Gasteiger charge is -2.16. The fourth-order valence-corrected chi connectivity index (χ4v) is 6.15. The molecule has 0 amide bonds. The summed E-state index contributed by atoms with van der Waals surface area (Å²) in [6.07, 6.45) is 3.85. The van der Waals surface area contributed by atoms with E-state index in [4.69, 9.17) is 52.4 Å². The Morgan fingerprint density at radius 1 is 0.635 bits per heavy atom. The normalized spacial score (nSPS) is 17.3. The van der Waals surface area contributed by atoms with E-state index in [9.17, 15) is 8.78 Å². The number of halogens is 4. The van der Waals surface area contributed by atoms with Crippen LogP contribution in [-0.4, -0.2) is 58.6 Å². The van der Waals surface area contributed by atoms with Crippen molar-refractivity contribution in [1.29, 1.82) is 0 Å². The second-order valence-corrected chi connectivity index (χ2v) is 12.8. The van der Waals surface area contributed by atoms with E-state index >= 15 is 0 Å². The number of benzene rings is 4. The van der Waals surface area contributed by atoms with Crippen molar-refractivity contribution in [3.05, 3.63) is 95.0 Å². The predicted molar refractivity (Wildman–Crippen MR) is 192 cm³/mol. The highest BCUT2D eigenvalue weighted by Crippen LogP contribution is 2.41. The molecule has 0 aliphatic carbocycles. The van der Waals surface area contributed by atoms with Crippen LogP contribution >= 0.6 is 23.2 Å². The molecule has 2 aliphatic heterocycles. The summed E-state index contributed by atoms with van der Waals surface area (Å²) in [5.41, 5.74) is 2.97. The van der Waals surface area contributed by atoms with Gasteiger partial charge in [0.05, 0.1) is 47.5 Å².